The molecule has 0 aliphatic heterocycles. The minimum Gasteiger partial charge on any atom is -0.496 e. The van der Waals surface area contributed by atoms with Gasteiger partial charge in [0.2, 0.25) is 5.91 Å². The smallest absolute Gasteiger partial charge is 0.223 e. The van der Waals surface area contributed by atoms with E-state index >= 15 is 0 Å². The van der Waals surface area contributed by atoms with Crippen molar-refractivity contribution in [3.8, 4) is 16.9 Å². The third-order valence-electron chi connectivity index (χ3n) is 5.23. The molecule has 1 aliphatic rings. The van der Waals surface area contributed by atoms with Crippen molar-refractivity contribution in [2.24, 2.45) is 5.92 Å². The van der Waals surface area contributed by atoms with Crippen LogP contribution in [0.1, 0.15) is 31.2 Å². The zero-order valence-electron chi connectivity index (χ0n) is 16.3. The molecule has 0 unspecified atom stereocenters. The lowest BCUT2D eigenvalue weighted by atomic mass is 9.85. The monoisotopic (exact) mass is 425 g/mol. The molecule has 2 N–H and O–H groups in total. The number of carbonyl (C=O) groups excluding carboxylic acids is 1. The van der Waals surface area contributed by atoms with E-state index in [4.69, 9.17) is 4.74 Å². The largest absolute Gasteiger partial charge is 0.496 e. The Morgan fingerprint density at radius 3 is 2.50 bits per heavy atom. The molecule has 0 radical (unpaired) electrons. The highest BCUT2D eigenvalue weighted by atomic mass is 35.5. The van der Waals surface area contributed by atoms with Crippen molar-refractivity contribution in [2.75, 3.05) is 14.2 Å². The Morgan fingerprint density at radius 2 is 1.89 bits per heavy atom. The van der Waals surface area contributed by atoms with Crippen molar-refractivity contribution in [1.29, 1.82) is 0 Å². The number of aromatic nitrogens is 1. The number of nitrogens with zero attached hydrogens (tertiary/aromatic N) is 1. The maximum atomic E-state index is 12.5. The van der Waals surface area contributed by atoms with Crippen LogP contribution in [0.4, 0.5) is 0 Å². The molecule has 1 fully saturated rings. The maximum Gasteiger partial charge on any atom is 0.223 e. The van der Waals surface area contributed by atoms with Gasteiger partial charge in [0, 0.05) is 42.0 Å². The Kier molecular flexibility index (Phi) is 10.3. The lowest BCUT2D eigenvalue weighted by Gasteiger charge is -2.27. The number of hydrogen-bond acceptors (Lipinski definition) is 4. The van der Waals surface area contributed by atoms with Crippen molar-refractivity contribution < 1.29 is 9.53 Å². The van der Waals surface area contributed by atoms with Crippen molar-refractivity contribution in [2.45, 2.75) is 38.3 Å². The summed E-state index contributed by atoms with van der Waals surface area (Å²) < 4.78 is 5.47. The van der Waals surface area contributed by atoms with E-state index in [1.54, 1.807) is 13.3 Å². The molecule has 1 aromatic heterocycles. The lowest BCUT2D eigenvalue weighted by Crippen LogP contribution is -2.37. The first-order valence-corrected chi connectivity index (χ1v) is 9.23. The topological polar surface area (TPSA) is 63.2 Å². The summed E-state index contributed by atoms with van der Waals surface area (Å²) >= 11 is 0. The molecule has 1 aromatic carbocycles. The van der Waals surface area contributed by atoms with Gasteiger partial charge in [-0.05, 0) is 56.5 Å². The summed E-state index contributed by atoms with van der Waals surface area (Å²) in [5, 5.41) is 6.40. The second-order valence-corrected chi connectivity index (χ2v) is 6.82. The van der Waals surface area contributed by atoms with Crippen LogP contribution >= 0.6 is 24.8 Å². The molecule has 0 atom stereocenters. The summed E-state index contributed by atoms with van der Waals surface area (Å²) in [5.74, 6) is 1.05. The molecule has 5 nitrogen and oxygen atoms in total. The summed E-state index contributed by atoms with van der Waals surface area (Å²) in [4.78, 5) is 16.7. The molecule has 3 rings (SSSR count). The molecule has 2 aromatic rings. The number of halogens is 2. The first-order valence-electron chi connectivity index (χ1n) is 9.23. The molecule has 7 heteroatoms. The Labute approximate surface area is 179 Å². The van der Waals surface area contributed by atoms with Crippen LogP contribution in [0.3, 0.4) is 0 Å². The molecular formula is C21H29Cl2N3O2. The summed E-state index contributed by atoms with van der Waals surface area (Å²) in [6.07, 6.45) is 7.62. The number of hydrogen-bond donors (Lipinski definition) is 2. The highest BCUT2D eigenvalue weighted by Gasteiger charge is 2.25. The van der Waals surface area contributed by atoms with E-state index in [9.17, 15) is 4.79 Å². The van der Waals surface area contributed by atoms with E-state index in [1.807, 2.05) is 37.5 Å². The van der Waals surface area contributed by atoms with Crippen molar-refractivity contribution in [1.82, 2.24) is 15.6 Å². The first-order chi connectivity index (χ1) is 12.7. The molecule has 0 bridgehead atoms. The molecule has 154 valence electrons. The molecule has 1 saturated carbocycles. The normalized spacial score (nSPS) is 18.4. The van der Waals surface area contributed by atoms with Crippen LogP contribution in [0.25, 0.3) is 11.1 Å². The molecule has 28 heavy (non-hydrogen) atoms. The molecule has 1 amide bonds. The van der Waals surface area contributed by atoms with Crippen molar-refractivity contribution in [3.05, 3.63) is 48.3 Å². The number of benzene rings is 1. The lowest BCUT2D eigenvalue weighted by molar-refractivity contribution is -0.126. The fourth-order valence-electron chi connectivity index (χ4n) is 3.60. The quantitative estimate of drug-likeness (QED) is 0.733. The van der Waals surface area contributed by atoms with Gasteiger partial charge in [-0.25, -0.2) is 0 Å². The Bertz CT molecular complexity index is 736. The molecule has 1 heterocycles. The van der Waals surface area contributed by atoms with Gasteiger partial charge in [0.15, 0.2) is 0 Å². The van der Waals surface area contributed by atoms with Crippen LogP contribution in [0.2, 0.25) is 0 Å². The van der Waals surface area contributed by atoms with E-state index < -0.39 is 0 Å². The van der Waals surface area contributed by atoms with Crippen LogP contribution in [0, 0.1) is 5.92 Å². The van der Waals surface area contributed by atoms with Crippen LogP contribution in [0.15, 0.2) is 42.7 Å². The van der Waals surface area contributed by atoms with Crippen LogP contribution in [-0.4, -0.2) is 31.1 Å². The summed E-state index contributed by atoms with van der Waals surface area (Å²) in [5.41, 5.74) is 3.09. The van der Waals surface area contributed by atoms with E-state index in [0.717, 1.165) is 48.1 Å². The maximum absolute atomic E-state index is 12.5. The van der Waals surface area contributed by atoms with Gasteiger partial charge in [-0.15, -0.1) is 24.8 Å². The van der Waals surface area contributed by atoms with Crippen LogP contribution in [-0.2, 0) is 11.3 Å². The van der Waals surface area contributed by atoms with Gasteiger partial charge >= 0.3 is 0 Å². The van der Waals surface area contributed by atoms with Crippen molar-refractivity contribution in [3.63, 3.8) is 0 Å². The second-order valence-electron chi connectivity index (χ2n) is 6.82. The molecular weight excluding hydrogens is 397 g/mol. The fraction of sp³-hybridized carbons (Fsp3) is 0.429. The van der Waals surface area contributed by atoms with Gasteiger partial charge in [-0.3, -0.25) is 9.78 Å². The van der Waals surface area contributed by atoms with E-state index in [1.165, 1.54) is 0 Å². The van der Waals surface area contributed by atoms with Gasteiger partial charge in [-0.2, -0.15) is 0 Å². The Morgan fingerprint density at radius 1 is 1.14 bits per heavy atom. The number of rotatable bonds is 6. The summed E-state index contributed by atoms with van der Waals surface area (Å²) in [6, 6.07) is 10.5. The minimum absolute atomic E-state index is 0. The summed E-state index contributed by atoms with van der Waals surface area (Å²) in [7, 11) is 3.65. The zero-order valence-corrected chi connectivity index (χ0v) is 17.9. The fourth-order valence-corrected chi connectivity index (χ4v) is 3.60. The highest BCUT2D eigenvalue weighted by Crippen LogP contribution is 2.27. The van der Waals surface area contributed by atoms with Gasteiger partial charge in [0.1, 0.15) is 5.75 Å². The Balaban J connectivity index is 0.00000196. The number of carbonyl (C=O) groups is 1. The standard InChI is InChI=1S/C21H27N3O2.2ClH/c1-22-19-8-5-15(6-9-19)21(25)24-14-18-12-16(7-10-20(18)26-2)17-4-3-11-23-13-17;;/h3-4,7,10-13,15,19,22H,5-6,8-9,14H2,1-2H3,(H,24,25);2*1H. The van der Waals surface area contributed by atoms with Crippen LogP contribution < -0.4 is 15.4 Å². The number of methoxy groups -OCH3 is 1. The van der Waals surface area contributed by atoms with Gasteiger partial charge in [-0.1, -0.05) is 12.1 Å². The summed E-state index contributed by atoms with van der Waals surface area (Å²) in [6.45, 7) is 0.474. The van der Waals surface area contributed by atoms with Crippen molar-refractivity contribution >= 4 is 30.7 Å². The first kappa shape index (κ1) is 24.2. The van der Waals surface area contributed by atoms with E-state index in [0.29, 0.717) is 12.6 Å². The predicted octanol–water partition coefficient (Wildman–Crippen LogP) is 4.00. The third kappa shape index (κ3) is 6.09. The third-order valence-corrected chi connectivity index (χ3v) is 5.23. The number of amides is 1. The Hall–Kier alpha value is -1.82. The number of pyridine rings is 1. The highest BCUT2D eigenvalue weighted by molar-refractivity contribution is 5.85. The second kappa shape index (κ2) is 11.9. The predicted molar refractivity (Wildman–Crippen MR) is 117 cm³/mol. The SMILES string of the molecule is CNC1CCC(C(=O)NCc2cc(-c3cccnc3)ccc2OC)CC1.Cl.Cl. The van der Waals surface area contributed by atoms with Gasteiger partial charge in [0.05, 0.1) is 7.11 Å². The molecule has 0 saturated heterocycles. The average Bonchev–Trinajstić information content (AvgIpc) is 2.72. The number of nitrogens with one attached hydrogen (secondary N) is 2. The van der Waals surface area contributed by atoms with Gasteiger partial charge in [0.25, 0.3) is 0 Å². The number of ether oxygens (including phenoxy) is 1. The molecule has 0 spiro atoms. The van der Waals surface area contributed by atoms with Crippen LogP contribution in [0.5, 0.6) is 5.75 Å². The van der Waals surface area contributed by atoms with E-state index in [-0.39, 0.29) is 36.6 Å². The molecule has 1 aliphatic carbocycles. The average molecular weight is 426 g/mol. The zero-order chi connectivity index (χ0) is 18.4. The van der Waals surface area contributed by atoms with E-state index in [2.05, 4.69) is 21.7 Å². The minimum atomic E-state index is 0. The van der Waals surface area contributed by atoms with Gasteiger partial charge < -0.3 is 15.4 Å².